The van der Waals surface area contributed by atoms with Crippen molar-refractivity contribution in [1.29, 1.82) is 0 Å². The molecular weight excluding hydrogens is 523 g/mol. The van der Waals surface area contributed by atoms with E-state index in [-0.39, 0.29) is 29.9 Å². The minimum atomic E-state index is -4.48. The van der Waals surface area contributed by atoms with Crippen molar-refractivity contribution in [3.05, 3.63) is 106 Å². The zero-order valence-corrected chi connectivity index (χ0v) is 21.9. The van der Waals surface area contributed by atoms with E-state index in [4.69, 9.17) is 0 Å². The summed E-state index contributed by atoms with van der Waals surface area (Å²) in [6, 6.07) is 23.4. The van der Waals surface area contributed by atoms with E-state index in [0.29, 0.717) is 26.2 Å². The molecule has 6 nitrogen and oxygen atoms in total. The van der Waals surface area contributed by atoms with Crippen LogP contribution in [0.3, 0.4) is 0 Å². The van der Waals surface area contributed by atoms with Crippen molar-refractivity contribution in [1.82, 2.24) is 19.6 Å². The van der Waals surface area contributed by atoms with Gasteiger partial charge in [0.1, 0.15) is 5.82 Å². The van der Waals surface area contributed by atoms with Crippen LogP contribution < -0.4 is 5.32 Å². The van der Waals surface area contributed by atoms with E-state index in [9.17, 15) is 18.0 Å². The van der Waals surface area contributed by atoms with E-state index in [1.54, 1.807) is 4.90 Å². The van der Waals surface area contributed by atoms with Crippen molar-refractivity contribution in [2.24, 2.45) is 0 Å². The summed E-state index contributed by atoms with van der Waals surface area (Å²) >= 11 is 1.41. The number of hydrogen-bond donors (Lipinski definition) is 1. The highest BCUT2D eigenvalue weighted by Gasteiger charge is 2.47. The van der Waals surface area contributed by atoms with Crippen molar-refractivity contribution >= 4 is 23.1 Å². The number of amides is 1. The molecule has 6 rings (SSSR count). The van der Waals surface area contributed by atoms with Gasteiger partial charge in [-0.15, -0.1) is 11.3 Å². The fourth-order valence-corrected chi connectivity index (χ4v) is 6.37. The highest BCUT2D eigenvalue weighted by Crippen LogP contribution is 2.44. The lowest BCUT2D eigenvalue weighted by Crippen LogP contribution is -2.50. The number of hydrogen-bond acceptors (Lipinski definition) is 5. The minimum absolute atomic E-state index is 0.0368. The molecule has 2 aromatic heterocycles. The van der Waals surface area contributed by atoms with Crippen molar-refractivity contribution in [3.8, 4) is 0 Å². The van der Waals surface area contributed by atoms with Crippen LogP contribution in [0.25, 0.3) is 0 Å². The third kappa shape index (κ3) is 5.18. The summed E-state index contributed by atoms with van der Waals surface area (Å²) in [6.45, 7) is 2.20. The van der Waals surface area contributed by atoms with Crippen LogP contribution in [0.4, 0.5) is 19.0 Å². The number of benzene rings is 2. The largest absolute Gasteiger partial charge is 0.410 e. The Bertz CT molecular complexity index is 1360. The van der Waals surface area contributed by atoms with Crippen LogP contribution >= 0.6 is 11.3 Å². The average molecular weight is 552 g/mol. The second kappa shape index (κ2) is 10.5. The number of carbonyl (C=O) groups excluding carboxylic acids is 1. The van der Waals surface area contributed by atoms with Crippen molar-refractivity contribution in [2.45, 2.75) is 30.7 Å². The van der Waals surface area contributed by atoms with Crippen molar-refractivity contribution in [2.75, 3.05) is 31.5 Å². The van der Waals surface area contributed by atoms with Gasteiger partial charge in [0, 0.05) is 43.5 Å². The molecule has 0 saturated carbocycles. The van der Waals surface area contributed by atoms with Gasteiger partial charge in [0.15, 0.2) is 11.7 Å². The van der Waals surface area contributed by atoms with Gasteiger partial charge in [-0.25, -0.2) is 4.68 Å². The molecule has 1 amide bonds. The van der Waals surface area contributed by atoms with Crippen LogP contribution in [0, 0.1) is 0 Å². The predicted octanol–water partition coefficient (Wildman–Crippen LogP) is 6.15. The van der Waals surface area contributed by atoms with Gasteiger partial charge in [0.25, 0.3) is 5.91 Å². The summed E-state index contributed by atoms with van der Waals surface area (Å²) in [6.07, 6.45) is -4.65. The highest BCUT2D eigenvalue weighted by atomic mass is 32.1. The molecule has 0 bridgehead atoms. The fourth-order valence-electron chi connectivity index (χ4n) is 5.58. The Labute approximate surface area is 228 Å². The molecule has 39 heavy (non-hydrogen) atoms. The summed E-state index contributed by atoms with van der Waals surface area (Å²) in [4.78, 5) is 18.3. The number of thiophene rings is 1. The Balaban J connectivity index is 1.20. The number of aromatic nitrogens is 2. The van der Waals surface area contributed by atoms with Gasteiger partial charge < -0.3 is 10.2 Å². The lowest BCUT2D eigenvalue weighted by molar-refractivity contribution is -0.173. The normalized spacial score (nSPS) is 20.1. The molecule has 2 atom stereocenters. The van der Waals surface area contributed by atoms with Crippen LogP contribution in [0.15, 0.2) is 84.2 Å². The Morgan fingerprint density at radius 2 is 1.56 bits per heavy atom. The summed E-state index contributed by atoms with van der Waals surface area (Å²) < 4.78 is 43.0. The lowest BCUT2D eigenvalue weighted by atomic mass is 9.96. The SMILES string of the molecule is O=C(c1cc2n(n1)[C@@H](C(F)(F)F)C[C@H](c1cccs1)N2)N1CCN(C(c2ccccc2)c2ccccc2)CC1. The van der Waals surface area contributed by atoms with Crippen LogP contribution in [0.1, 0.15) is 51.0 Å². The van der Waals surface area contributed by atoms with E-state index in [2.05, 4.69) is 39.6 Å². The molecule has 2 aliphatic rings. The van der Waals surface area contributed by atoms with E-state index in [0.717, 1.165) is 9.56 Å². The number of carbonyl (C=O) groups is 1. The van der Waals surface area contributed by atoms with Crippen LogP contribution in [-0.2, 0) is 0 Å². The second-order valence-corrected chi connectivity index (χ2v) is 10.9. The first-order chi connectivity index (χ1) is 18.9. The molecule has 202 valence electrons. The molecule has 1 fully saturated rings. The number of rotatable bonds is 5. The lowest BCUT2D eigenvalue weighted by Gasteiger charge is -2.39. The predicted molar refractivity (Wildman–Crippen MR) is 145 cm³/mol. The smallest absolute Gasteiger partial charge is 0.363 e. The van der Waals surface area contributed by atoms with Gasteiger partial charge in [-0.2, -0.15) is 18.3 Å². The first-order valence-electron chi connectivity index (χ1n) is 13.0. The molecule has 2 aromatic carbocycles. The molecular formula is C29H28F3N5OS. The molecule has 0 aliphatic carbocycles. The molecule has 1 N–H and O–H groups in total. The maximum atomic E-state index is 14.0. The van der Waals surface area contributed by atoms with E-state index < -0.39 is 18.3 Å². The Morgan fingerprint density at radius 1 is 0.923 bits per heavy atom. The first-order valence-corrected chi connectivity index (χ1v) is 13.9. The van der Waals surface area contributed by atoms with E-state index in [1.165, 1.54) is 28.5 Å². The number of piperazine rings is 1. The number of fused-ring (bicyclic) bond motifs is 1. The molecule has 0 radical (unpaired) electrons. The maximum absolute atomic E-state index is 14.0. The van der Waals surface area contributed by atoms with Gasteiger partial charge in [-0.3, -0.25) is 9.69 Å². The number of nitrogens with zero attached hydrogens (tertiary/aromatic N) is 4. The molecule has 1 saturated heterocycles. The monoisotopic (exact) mass is 551 g/mol. The average Bonchev–Trinajstić information content (AvgIpc) is 3.64. The van der Waals surface area contributed by atoms with Crippen LogP contribution in [0.5, 0.6) is 0 Å². The summed E-state index contributed by atoms with van der Waals surface area (Å²) in [5, 5.41) is 9.19. The third-order valence-electron chi connectivity index (χ3n) is 7.49. The topological polar surface area (TPSA) is 53.4 Å². The fraction of sp³-hybridized carbons (Fsp3) is 0.310. The number of nitrogens with one attached hydrogen (secondary N) is 1. The quantitative estimate of drug-likeness (QED) is 0.323. The van der Waals surface area contributed by atoms with Gasteiger partial charge in [-0.05, 0) is 22.6 Å². The number of alkyl halides is 3. The van der Waals surface area contributed by atoms with Gasteiger partial charge in [-0.1, -0.05) is 66.7 Å². The molecule has 4 heterocycles. The van der Waals surface area contributed by atoms with Gasteiger partial charge in [0.2, 0.25) is 0 Å². The second-order valence-electron chi connectivity index (χ2n) is 9.92. The van der Waals surface area contributed by atoms with Crippen LogP contribution in [-0.4, -0.2) is 57.8 Å². The summed E-state index contributed by atoms with van der Waals surface area (Å²) in [5.74, 6) is -0.125. The number of anilines is 1. The molecule has 2 aliphatic heterocycles. The summed E-state index contributed by atoms with van der Waals surface area (Å²) in [5.41, 5.74) is 2.39. The Hall–Kier alpha value is -3.63. The first kappa shape index (κ1) is 25.6. The van der Waals surface area contributed by atoms with Crippen molar-refractivity contribution in [3.63, 3.8) is 0 Å². The Morgan fingerprint density at radius 3 is 2.13 bits per heavy atom. The zero-order chi connectivity index (χ0) is 27.0. The van der Waals surface area contributed by atoms with E-state index >= 15 is 0 Å². The Kier molecular flexibility index (Phi) is 6.90. The zero-order valence-electron chi connectivity index (χ0n) is 21.1. The summed E-state index contributed by atoms with van der Waals surface area (Å²) in [7, 11) is 0. The standard InChI is InChI=1S/C29H28F3N5OS/c30-29(31,32)25-18-22(24-12-7-17-39-24)33-26-19-23(34-37(25)26)28(38)36-15-13-35(14-16-36)27(20-8-3-1-4-9-20)21-10-5-2-6-11-21/h1-12,17,19,22,25,27,33H,13-16,18H2/t22-,25-/m1/s1. The molecule has 4 aromatic rings. The molecule has 10 heteroatoms. The van der Waals surface area contributed by atoms with E-state index in [1.807, 2.05) is 53.9 Å². The van der Waals surface area contributed by atoms with Gasteiger partial charge >= 0.3 is 6.18 Å². The minimum Gasteiger partial charge on any atom is -0.363 e. The van der Waals surface area contributed by atoms with Gasteiger partial charge in [0.05, 0.1) is 12.1 Å². The third-order valence-corrected chi connectivity index (χ3v) is 8.48. The highest BCUT2D eigenvalue weighted by molar-refractivity contribution is 7.10. The maximum Gasteiger partial charge on any atom is 0.410 e. The van der Waals surface area contributed by atoms with Crippen LogP contribution in [0.2, 0.25) is 0 Å². The molecule has 0 spiro atoms. The number of halogens is 3. The van der Waals surface area contributed by atoms with Crippen molar-refractivity contribution < 1.29 is 18.0 Å². The molecule has 0 unspecified atom stereocenters.